The van der Waals surface area contributed by atoms with Gasteiger partial charge >= 0.3 is 0 Å². The Balaban J connectivity index is 1.88. The van der Waals surface area contributed by atoms with Crippen LogP contribution in [0.25, 0.3) is 0 Å². The first-order valence-electron chi connectivity index (χ1n) is 11.4. The monoisotopic (exact) mass is 453 g/mol. The first kappa shape index (κ1) is 24.2. The van der Waals surface area contributed by atoms with Crippen molar-refractivity contribution < 1.29 is 19.2 Å². The first-order valence-corrected chi connectivity index (χ1v) is 11.4. The molecule has 176 valence electrons. The summed E-state index contributed by atoms with van der Waals surface area (Å²) in [5, 5.41) is 14.5. The molecule has 2 aromatic carbocycles. The van der Waals surface area contributed by atoms with Crippen molar-refractivity contribution in [1.29, 1.82) is 0 Å². The highest BCUT2D eigenvalue weighted by molar-refractivity contribution is 5.89. The molecule has 1 fully saturated rings. The van der Waals surface area contributed by atoms with Gasteiger partial charge in [-0.25, -0.2) is 0 Å². The Kier molecular flexibility index (Phi) is 8.40. The number of nitro groups is 1. The van der Waals surface area contributed by atoms with Gasteiger partial charge in [-0.2, -0.15) is 0 Å². The topological polar surface area (TPSA) is 102 Å². The van der Waals surface area contributed by atoms with Crippen molar-refractivity contribution in [2.45, 2.75) is 64.1 Å². The number of rotatable bonds is 10. The fraction of sp³-hybridized carbons (Fsp3) is 0.440. The molecular weight excluding hydrogens is 422 g/mol. The zero-order valence-electron chi connectivity index (χ0n) is 19.2. The van der Waals surface area contributed by atoms with Gasteiger partial charge in [0.05, 0.1) is 18.5 Å². The number of nitro benzene ring substituents is 1. The Morgan fingerprint density at radius 1 is 1.18 bits per heavy atom. The maximum absolute atomic E-state index is 13.5. The fourth-order valence-corrected chi connectivity index (χ4v) is 4.36. The van der Waals surface area contributed by atoms with E-state index >= 15 is 0 Å². The second-order valence-electron chi connectivity index (χ2n) is 8.35. The average molecular weight is 454 g/mol. The summed E-state index contributed by atoms with van der Waals surface area (Å²) in [6.45, 7) is 2.07. The highest BCUT2D eigenvalue weighted by Crippen LogP contribution is 2.23. The third-order valence-corrected chi connectivity index (χ3v) is 6.10. The summed E-state index contributed by atoms with van der Waals surface area (Å²) in [5.41, 5.74) is 1.04. The third kappa shape index (κ3) is 6.31. The number of hydrogen-bond acceptors (Lipinski definition) is 5. The van der Waals surface area contributed by atoms with Gasteiger partial charge in [-0.3, -0.25) is 19.7 Å². The lowest BCUT2D eigenvalue weighted by Crippen LogP contribution is -2.51. The Morgan fingerprint density at radius 2 is 1.91 bits per heavy atom. The van der Waals surface area contributed by atoms with Crippen LogP contribution < -0.4 is 10.1 Å². The van der Waals surface area contributed by atoms with E-state index in [0.717, 1.165) is 31.2 Å². The van der Waals surface area contributed by atoms with Crippen molar-refractivity contribution in [3.63, 3.8) is 0 Å². The number of ether oxygens (including phenoxy) is 1. The summed E-state index contributed by atoms with van der Waals surface area (Å²) in [7, 11) is 1.57. The predicted octanol–water partition coefficient (Wildman–Crippen LogP) is 4.01. The molecule has 1 aliphatic rings. The highest BCUT2D eigenvalue weighted by Gasteiger charge is 2.31. The van der Waals surface area contributed by atoms with Crippen LogP contribution in [0.15, 0.2) is 48.5 Å². The molecule has 0 spiro atoms. The minimum absolute atomic E-state index is 0.101. The number of carbonyl (C=O) groups is 2. The summed E-state index contributed by atoms with van der Waals surface area (Å²) in [4.78, 5) is 39.1. The largest absolute Gasteiger partial charge is 0.497 e. The molecule has 8 nitrogen and oxygen atoms in total. The zero-order chi connectivity index (χ0) is 23.8. The first-order chi connectivity index (χ1) is 15.9. The van der Waals surface area contributed by atoms with Crippen LogP contribution >= 0.6 is 0 Å². The molecule has 33 heavy (non-hydrogen) atoms. The van der Waals surface area contributed by atoms with E-state index in [2.05, 4.69) is 5.32 Å². The molecule has 0 aromatic heterocycles. The summed E-state index contributed by atoms with van der Waals surface area (Å²) < 4.78 is 5.30. The van der Waals surface area contributed by atoms with E-state index in [-0.39, 0.29) is 36.5 Å². The van der Waals surface area contributed by atoms with Crippen LogP contribution in [-0.2, 0) is 22.6 Å². The van der Waals surface area contributed by atoms with Crippen molar-refractivity contribution in [2.75, 3.05) is 7.11 Å². The van der Waals surface area contributed by atoms with Gasteiger partial charge in [-0.15, -0.1) is 0 Å². The highest BCUT2D eigenvalue weighted by atomic mass is 16.6. The smallest absolute Gasteiger partial charge is 0.273 e. The number of benzene rings is 2. The number of hydrogen-bond donors (Lipinski definition) is 1. The van der Waals surface area contributed by atoms with Crippen LogP contribution in [-0.4, -0.2) is 40.8 Å². The summed E-state index contributed by atoms with van der Waals surface area (Å²) in [6.07, 6.45) is 4.35. The molecule has 2 amide bonds. The van der Waals surface area contributed by atoms with Gasteiger partial charge in [0.25, 0.3) is 5.69 Å². The molecule has 0 unspecified atom stereocenters. The van der Waals surface area contributed by atoms with Crippen LogP contribution in [0.3, 0.4) is 0 Å². The number of methoxy groups -OCH3 is 1. The lowest BCUT2D eigenvalue weighted by molar-refractivity contribution is -0.385. The lowest BCUT2D eigenvalue weighted by Gasteiger charge is -2.31. The van der Waals surface area contributed by atoms with Gasteiger partial charge in [-0.05, 0) is 37.0 Å². The number of carbonyl (C=O) groups excluding carboxylic acids is 2. The van der Waals surface area contributed by atoms with Crippen molar-refractivity contribution in [2.24, 2.45) is 0 Å². The van der Waals surface area contributed by atoms with Gasteiger partial charge in [-0.1, -0.05) is 50.1 Å². The van der Waals surface area contributed by atoms with Crippen LogP contribution in [0.1, 0.15) is 50.2 Å². The quantitative estimate of drug-likeness (QED) is 0.433. The molecule has 1 saturated carbocycles. The van der Waals surface area contributed by atoms with Gasteiger partial charge in [0, 0.05) is 24.2 Å². The van der Waals surface area contributed by atoms with E-state index in [0.29, 0.717) is 17.7 Å². The van der Waals surface area contributed by atoms with Gasteiger partial charge in [0.1, 0.15) is 11.8 Å². The van der Waals surface area contributed by atoms with E-state index < -0.39 is 11.0 Å². The van der Waals surface area contributed by atoms with E-state index in [4.69, 9.17) is 4.74 Å². The average Bonchev–Trinajstić information content (AvgIpc) is 3.32. The molecule has 2 aromatic rings. The van der Waals surface area contributed by atoms with Crippen LogP contribution in [0.5, 0.6) is 5.75 Å². The second-order valence-corrected chi connectivity index (χ2v) is 8.35. The fourth-order valence-electron chi connectivity index (χ4n) is 4.36. The molecule has 0 heterocycles. The van der Waals surface area contributed by atoms with Crippen molar-refractivity contribution in [3.8, 4) is 5.75 Å². The van der Waals surface area contributed by atoms with E-state index in [1.54, 1.807) is 25.3 Å². The molecule has 0 bridgehead atoms. The molecule has 3 rings (SSSR count). The van der Waals surface area contributed by atoms with Gasteiger partial charge < -0.3 is 15.0 Å². The molecule has 0 aliphatic heterocycles. The molecule has 0 radical (unpaired) electrons. The molecule has 8 heteroatoms. The molecule has 1 aliphatic carbocycles. The summed E-state index contributed by atoms with van der Waals surface area (Å²) in [6, 6.07) is 13.0. The van der Waals surface area contributed by atoms with Crippen molar-refractivity contribution in [3.05, 3.63) is 69.8 Å². The van der Waals surface area contributed by atoms with Gasteiger partial charge in [0.15, 0.2) is 0 Å². The second kappa shape index (κ2) is 11.4. The van der Waals surface area contributed by atoms with Crippen LogP contribution in [0, 0.1) is 10.1 Å². The van der Waals surface area contributed by atoms with E-state index in [1.807, 2.05) is 31.2 Å². The Morgan fingerprint density at radius 3 is 2.58 bits per heavy atom. The number of para-hydroxylation sites is 1. The van der Waals surface area contributed by atoms with E-state index in [9.17, 15) is 19.7 Å². The molecule has 1 atom stereocenters. The molecule has 1 N–H and O–H groups in total. The Bertz CT molecular complexity index is 988. The minimum Gasteiger partial charge on any atom is -0.497 e. The SMILES string of the molecule is CC[C@H](C(=O)NC1CCCC1)N(Cc1cccc(OC)c1)C(=O)Cc1ccccc1[N+](=O)[O-]. The molecule has 0 saturated heterocycles. The minimum atomic E-state index is -0.674. The number of amides is 2. The number of nitrogens with one attached hydrogen (secondary N) is 1. The van der Waals surface area contributed by atoms with Crippen molar-refractivity contribution >= 4 is 17.5 Å². The Labute approximate surface area is 194 Å². The van der Waals surface area contributed by atoms with Crippen LogP contribution in [0.2, 0.25) is 0 Å². The maximum atomic E-state index is 13.5. The summed E-state index contributed by atoms with van der Waals surface area (Å²) in [5.74, 6) is 0.144. The zero-order valence-corrected chi connectivity index (χ0v) is 19.2. The number of nitrogens with zero attached hydrogens (tertiary/aromatic N) is 2. The lowest BCUT2D eigenvalue weighted by atomic mass is 10.0. The maximum Gasteiger partial charge on any atom is 0.273 e. The third-order valence-electron chi connectivity index (χ3n) is 6.10. The molecular formula is C25H31N3O5. The van der Waals surface area contributed by atoms with Crippen molar-refractivity contribution in [1.82, 2.24) is 10.2 Å². The normalized spacial score (nSPS) is 14.5. The van der Waals surface area contributed by atoms with Gasteiger partial charge in [0.2, 0.25) is 11.8 Å². The van der Waals surface area contributed by atoms with E-state index in [1.165, 1.54) is 11.0 Å². The van der Waals surface area contributed by atoms with Crippen LogP contribution in [0.4, 0.5) is 5.69 Å². The Hall–Kier alpha value is -3.42. The standard InChI is InChI=1S/C25H31N3O5/c1-3-22(25(30)26-20-11-5-6-12-20)27(17-18-9-8-13-21(15-18)33-2)24(29)16-19-10-4-7-14-23(19)28(31)32/h4,7-10,13-15,20,22H,3,5-6,11-12,16-17H2,1-2H3,(H,26,30)/t22-/m1/s1. The predicted molar refractivity (Wildman–Crippen MR) is 125 cm³/mol. The summed E-state index contributed by atoms with van der Waals surface area (Å²) >= 11 is 0.